The third-order valence-electron chi connectivity index (χ3n) is 4.27. The highest BCUT2D eigenvalue weighted by atomic mass is 35.5. The molecule has 2 aromatic rings. The Bertz CT molecular complexity index is 671. The van der Waals surface area contributed by atoms with Gasteiger partial charge in [0.2, 0.25) is 5.91 Å². The van der Waals surface area contributed by atoms with Crippen LogP contribution in [0.5, 0.6) is 0 Å². The molecular weight excluding hydrogens is 346 g/mol. The molecule has 24 heavy (non-hydrogen) atoms. The second-order valence-electron chi connectivity index (χ2n) is 5.89. The lowest BCUT2D eigenvalue weighted by Gasteiger charge is -2.35. The molecule has 1 atom stereocenters. The van der Waals surface area contributed by atoms with Gasteiger partial charge in [0.1, 0.15) is 5.82 Å². The maximum Gasteiger partial charge on any atom is 0.234 e. The molecule has 6 nitrogen and oxygen atoms in total. The van der Waals surface area contributed by atoms with Crippen molar-refractivity contribution in [2.75, 3.05) is 26.2 Å². The van der Waals surface area contributed by atoms with E-state index in [-0.39, 0.29) is 24.4 Å². The Balaban J connectivity index is 0.00000208. The van der Waals surface area contributed by atoms with Gasteiger partial charge in [-0.1, -0.05) is 0 Å². The van der Waals surface area contributed by atoms with E-state index in [1.807, 2.05) is 24.0 Å². The molecule has 1 unspecified atom stereocenters. The van der Waals surface area contributed by atoms with Gasteiger partial charge in [0.15, 0.2) is 0 Å². The Morgan fingerprint density at radius 1 is 1.54 bits per heavy atom. The molecule has 1 aliphatic rings. The highest BCUT2D eigenvalue weighted by Crippen LogP contribution is 2.20. The standard InChI is InChI=1S/C16H23N5OS.ClH/c1-12-3-8-23-14(12)10-19-15(22)11-21-7-4-17-9-13(21)16-18-5-6-20(16)2;/h3,5-6,8,13,17H,4,7,9-11H2,1-2H3,(H,19,22);1H. The predicted molar refractivity (Wildman–Crippen MR) is 98.5 cm³/mol. The summed E-state index contributed by atoms with van der Waals surface area (Å²) < 4.78 is 2.03. The summed E-state index contributed by atoms with van der Waals surface area (Å²) in [7, 11) is 1.99. The maximum absolute atomic E-state index is 12.3. The molecule has 0 aromatic carbocycles. The number of nitrogens with zero attached hydrogens (tertiary/aromatic N) is 3. The molecule has 3 heterocycles. The third kappa shape index (κ3) is 4.36. The number of aryl methyl sites for hydroxylation is 2. The fraction of sp³-hybridized carbons (Fsp3) is 0.500. The van der Waals surface area contributed by atoms with E-state index in [1.54, 1.807) is 11.3 Å². The number of hydrogen-bond acceptors (Lipinski definition) is 5. The smallest absolute Gasteiger partial charge is 0.234 e. The number of thiophene rings is 1. The third-order valence-corrected chi connectivity index (χ3v) is 5.29. The molecule has 1 saturated heterocycles. The van der Waals surface area contributed by atoms with Crippen LogP contribution in [0.2, 0.25) is 0 Å². The van der Waals surface area contributed by atoms with Crippen molar-refractivity contribution in [2.24, 2.45) is 7.05 Å². The van der Waals surface area contributed by atoms with E-state index in [9.17, 15) is 4.79 Å². The Morgan fingerprint density at radius 3 is 3.04 bits per heavy atom. The summed E-state index contributed by atoms with van der Waals surface area (Å²) in [5.74, 6) is 1.07. The topological polar surface area (TPSA) is 62.2 Å². The summed E-state index contributed by atoms with van der Waals surface area (Å²) in [6.45, 7) is 5.67. The highest BCUT2D eigenvalue weighted by Gasteiger charge is 2.28. The van der Waals surface area contributed by atoms with Gasteiger partial charge in [-0.05, 0) is 23.9 Å². The summed E-state index contributed by atoms with van der Waals surface area (Å²) in [4.78, 5) is 20.2. The van der Waals surface area contributed by atoms with Crippen LogP contribution >= 0.6 is 23.7 Å². The van der Waals surface area contributed by atoms with E-state index >= 15 is 0 Å². The van der Waals surface area contributed by atoms with Gasteiger partial charge in [0, 0.05) is 44.0 Å². The van der Waals surface area contributed by atoms with Crippen LogP contribution < -0.4 is 10.6 Å². The summed E-state index contributed by atoms with van der Waals surface area (Å²) in [6.07, 6.45) is 3.75. The monoisotopic (exact) mass is 369 g/mol. The molecule has 1 amide bonds. The zero-order valence-corrected chi connectivity index (χ0v) is 15.6. The van der Waals surface area contributed by atoms with Crippen molar-refractivity contribution in [3.05, 3.63) is 40.1 Å². The number of carbonyl (C=O) groups is 1. The van der Waals surface area contributed by atoms with Gasteiger partial charge >= 0.3 is 0 Å². The molecule has 132 valence electrons. The van der Waals surface area contributed by atoms with Crippen LogP contribution in [0.15, 0.2) is 23.8 Å². The molecular formula is C16H24ClN5OS. The summed E-state index contributed by atoms with van der Waals surface area (Å²) in [5.41, 5.74) is 1.24. The van der Waals surface area contributed by atoms with Gasteiger partial charge in [0.25, 0.3) is 0 Å². The van der Waals surface area contributed by atoms with Gasteiger partial charge in [0.05, 0.1) is 19.1 Å². The normalized spacial score (nSPS) is 18.2. The first-order chi connectivity index (χ1) is 11.1. The molecule has 0 spiro atoms. The van der Waals surface area contributed by atoms with Gasteiger partial charge in [-0.2, -0.15) is 0 Å². The van der Waals surface area contributed by atoms with Crippen molar-refractivity contribution in [1.29, 1.82) is 0 Å². The molecule has 1 aliphatic heterocycles. The van der Waals surface area contributed by atoms with Crippen LogP contribution in [0.3, 0.4) is 0 Å². The number of piperazine rings is 1. The first kappa shape index (κ1) is 18.9. The Labute approximate surface area is 152 Å². The molecule has 3 rings (SSSR count). The van der Waals surface area contributed by atoms with Crippen molar-refractivity contribution in [2.45, 2.75) is 19.5 Å². The number of hydrogen-bond donors (Lipinski definition) is 2. The van der Waals surface area contributed by atoms with Gasteiger partial charge < -0.3 is 15.2 Å². The summed E-state index contributed by atoms with van der Waals surface area (Å²) >= 11 is 1.69. The Kier molecular flexibility index (Phi) is 6.79. The lowest BCUT2D eigenvalue weighted by atomic mass is 10.1. The maximum atomic E-state index is 12.3. The largest absolute Gasteiger partial charge is 0.350 e. The zero-order chi connectivity index (χ0) is 16.2. The fourth-order valence-corrected chi connectivity index (χ4v) is 3.74. The van der Waals surface area contributed by atoms with Gasteiger partial charge in [-0.25, -0.2) is 4.98 Å². The van der Waals surface area contributed by atoms with Crippen molar-refractivity contribution in [3.63, 3.8) is 0 Å². The van der Waals surface area contributed by atoms with E-state index in [2.05, 4.69) is 38.9 Å². The number of nitrogens with one attached hydrogen (secondary N) is 2. The van der Waals surface area contributed by atoms with Crippen LogP contribution in [-0.2, 0) is 18.4 Å². The van der Waals surface area contributed by atoms with E-state index in [4.69, 9.17) is 0 Å². The van der Waals surface area contributed by atoms with E-state index in [0.29, 0.717) is 13.1 Å². The second-order valence-corrected chi connectivity index (χ2v) is 6.89. The molecule has 0 bridgehead atoms. The van der Waals surface area contributed by atoms with Crippen molar-refractivity contribution in [3.8, 4) is 0 Å². The van der Waals surface area contributed by atoms with Crippen molar-refractivity contribution in [1.82, 2.24) is 25.1 Å². The van der Waals surface area contributed by atoms with E-state index in [0.717, 1.165) is 25.5 Å². The van der Waals surface area contributed by atoms with Gasteiger partial charge in [-0.15, -0.1) is 23.7 Å². The van der Waals surface area contributed by atoms with Crippen LogP contribution in [-0.4, -0.2) is 46.5 Å². The average Bonchev–Trinajstić information content (AvgIpc) is 3.14. The number of rotatable bonds is 5. The van der Waals surface area contributed by atoms with Crippen LogP contribution in [0, 0.1) is 6.92 Å². The van der Waals surface area contributed by atoms with E-state index < -0.39 is 0 Å². The lowest BCUT2D eigenvalue weighted by Crippen LogP contribution is -2.50. The number of carbonyl (C=O) groups excluding carboxylic acids is 1. The molecule has 0 aliphatic carbocycles. The highest BCUT2D eigenvalue weighted by molar-refractivity contribution is 7.10. The van der Waals surface area contributed by atoms with Crippen molar-refractivity contribution >= 4 is 29.7 Å². The minimum absolute atomic E-state index is 0. The number of amides is 1. The number of aromatic nitrogens is 2. The summed E-state index contributed by atoms with van der Waals surface area (Å²) in [6, 6.07) is 2.22. The Hall–Kier alpha value is -1.41. The van der Waals surface area contributed by atoms with Crippen LogP contribution in [0.1, 0.15) is 22.3 Å². The Morgan fingerprint density at radius 2 is 2.38 bits per heavy atom. The first-order valence-electron chi connectivity index (χ1n) is 7.87. The van der Waals surface area contributed by atoms with Gasteiger partial charge in [-0.3, -0.25) is 9.69 Å². The summed E-state index contributed by atoms with van der Waals surface area (Å²) in [5, 5.41) is 8.49. The van der Waals surface area contributed by atoms with Crippen LogP contribution in [0.4, 0.5) is 0 Å². The number of halogens is 1. The SMILES string of the molecule is Cc1ccsc1CNC(=O)CN1CCNCC1c1nccn1C.Cl. The molecule has 1 fully saturated rings. The molecule has 2 N–H and O–H groups in total. The second kappa shape index (κ2) is 8.62. The van der Waals surface area contributed by atoms with Crippen LogP contribution in [0.25, 0.3) is 0 Å². The zero-order valence-electron chi connectivity index (χ0n) is 14.0. The fourth-order valence-electron chi connectivity index (χ4n) is 2.89. The average molecular weight is 370 g/mol. The molecule has 2 aromatic heterocycles. The van der Waals surface area contributed by atoms with Crippen molar-refractivity contribution < 1.29 is 4.79 Å². The first-order valence-corrected chi connectivity index (χ1v) is 8.75. The minimum atomic E-state index is 0. The molecule has 0 radical (unpaired) electrons. The quantitative estimate of drug-likeness (QED) is 0.838. The van der Waals surface area contributed by atoms with E-state index in [1.165, 1.54) is 10.4 Å². The number of imidazole rings is 1. The lowest BCUT2D eigenvalue weighted by molar-refractivity contribution is -0.123. The molecule has 0 saturated carbocycles. The minimum Gasteiger partial charge on any atom is -0.350 e. The predicted octanol–water partition coefficient (Wildman–Crippen LogP) is 1.47. The molecule has 8 heteroatoms.